The van der Waals surface area contributed by atoms with Crippen molar-refractivity contribution in [2.75, 3.05) is 20.7 Å². The fraction of sp³-hybridized carbons (Fsp3) is 0.467. The van der Waals surface area contributed by atoms with Crippen molar-refractivity contribution in [2.45, 2.75) is 26.0 Å². The Labute approximate surface area is 105 Å². The molecule has 2 heteroatoms. The van der Waals surface area contributed by atoms with E-state index in [-0.39, 0.29) is 5.60 Å². The molecule has 0 amide bonds. The highest BCUT2D eigenvalue weighted by Gasteiger charge is 2.10. The highest BCUT2D eigenvalue weighted by atomic mass is 16.5. The summed E-state index contributed by atoms with van der Waals surface area (Å²) in [6.45, 7) is 5.61. The number of methoxy groups -OCH3 is 1. The first kappa shape index (κ1) is 13.8. The van der Waals surface area contributed by atoms with Crippen LogP contribution in [-0.2, 0) is 11.3 Å². The molecule has 1 aromatic carbocycles. The zero-order chi connectivity index (χ0) is 12.7. The van der Waals surface area contributed by atoms with E-state index in [0.717, 1.165) is 13.1 Å². The van der Waals surface area contributed by atoms with E-state index in [4.69, 9.17) is 4.74 Å². The molecule has 0 bridgehead atoms. The summed E-state index contributed by atoms with van der Waals surface area (Å²) < 4.78 is 5.25. The molecule has 0 heterocycles. The van der Waals surface area contributed by atoms with E-state index in [1.165, 1.54) is 5.56 Å². The van der Waals surface area contributed by atoms with Crippen molar-refractivity contribution in [3.63, 3.8) is 0 Å². The summed E-state index contributed by atoms with van der Waals surface area (Å²) in [5.41, 5.74) is 0.955. The van der Waals surface area contributed by atoms with E-state index in [2.05, 4.69) is 48.1 Å². The van der Waals surface area contributed by atoms with Crippen molar-refractivity contribution in [3.8, 4) is 11.8 Å². The van der Waals surface area contributed by atoms with E-state index < -0.39 is 0 Å². The first-order valence-corrected chi connectivity index (χ1v) is 5.81. The summed E-state index contributed by atoms with van der Waals surface area (Å²) in [6, 6.07) is 10.4. The van der Waals surface area contributed by atoms with E-state index in [1.54, 1.807) is 7.11 Å². The fourth-order valence-corrected chi connectivity index (χ4v) is 1.39. The Hall–Kier alpha value is -1.30. The lowest BCUT2D eigenvalue weighted by Crippen LogP contribution is -2.21. The monoisotopic (exact) mass is 231 g/mol. The Bertz CT molecular complexity index is 386. The van der Waals surface area contributed by atoms with Crippen molar-refractivity contribution >= 4 is 0 Å². The van der Waals surface area contributed by atoms with Gasteiger partial charge in [-0.1, -0.05) is 42.2 Å². The molecule has 0 N–H and O–H groups in total. The molecule has 17 heavy (non-hydrogen) atoms. The number of hydrogen-bond donors (Lipinski definition) is 0. The summed E-state index contributed by atoms with van der Waals surface area (Å²) in [4.78, 5) is 2.19. The van der Waals surface area contributed by atoms with Crippen LogP contribution in [-0.4, -0.2) is 31.2 Å². The molecule has 0 spiro atoms. The Kier molecular flexibility index (Phi) is 5.21. The maximum absolute atomic E-state index is 5.25. The van der Waals surface area contributed by atoms with Gasteiger partial charge in [-0.25, -0.2) is 0 Å². The highest BCUT2D eigenvalue weighted by Crippen LogP contribution is 2.05. The van der Waals surface area contributed by atoms with Gasteiger partial charge in [0.25, 0.3) is 0 Å². The Morgan fingerprint density at radius 2 is 1.88 bits per heavy atom. The third-order valence-corrected chi connectivity index (χ3v) is 2.54. The average Bonchev–Trinajstić information content (AvgIpc) is 2.30. The SMILES string of the molecule is COC(C)(C)C#CCN(C)Cc1ccccc1. The highest BCUT2D eigenvalue weighted by molar-refractivity contribution is 5.15. The summed E-state index contributed by atoms with van der Waals surface area (Å²) in [5.74, 6) is 6.26. The predicted octanol–water partition coefficient (Wildman–Crippen LogP) is 2.55. The number of benzene rings is 1. The second kappa shape index (κ2) is 6.44. The summed E-state index contributed by atoms with van der Waals surface area (Å²) in [5, 5.41) is 0. The van der Waals surface area contributed by atoms with Crippen molar-refractivity contribution < 1.29 is 4.74 Å². The zero-order valence-corrected chi connectivity index (χ0v) is 11.2. The second-order valence-electron chi connectivity index (χ2n) is 4.67. The molecule has 1 aromatic rings. The van der Waals surface area contributed by atoms with Crippen molar-refractivity contribution in [1.82, 2.24) is 4.90 Å². The summed E-state index contributed by atoms with van der Waals surface area (Å²) in [7, 11) is 3.75. The third kappa shape index (κ3) is 5.53. The quantitative estimate of drug-likeness (QED) is 0.738. The lowest BCUT2D eigenvalue weighted by molar-refractivity contribution is 0.0740. The van der Waals surface area contributed by atoms with E-state index in [9.17, 15) is 0 Å². The molecule has 0 aromatic heterocycles. The van der Waals surface area contributed by atoms with Crippen LogP contribution in [0.3, 0.4) is 0 Å². The Morgan fingerprint density at radius 1 is 1.24 bits per heavy atom. The number of hydrogen-bond acceptors (Lipinski definition) is 2. The second-order valence-corrected chi connectivity index (χ2v) is 4.67. The predicted molar refractivity (Wildman–Crippen MR) is 71.6 cm³/mol. The van der Waals surface area contributed by atoms with Gasteiger partial charge >= 0.3 is 0 Å². The topological polar surface area (TPSA) is 12.5 Å². The zero-order valence-electron chi connectivity index (χ0n) is 11.2. The minimum Gasteiger partial charge on any atom is -0.366 e. The number of nitrogens with zero attached hydrogens (tertiary/aromatic N) is 1. The third-order valence-electron chi connectivity index (χ3n) is 2.54. The minimum absolute atomic E-state index is 0.354. The molecule has 2 nitrogen and oxygen atoms in total. The molecule has 0 aliphatic carbocycles. The lowest BCUT2D eigenvalue weighted by Gasteiger charge is -2.16. The van der Waals surface area contributed by atoms with Crippen LogP contribution in [0.15, 0.2) is 30.3 Å². The van der Waals surface area contributed by atoms with Crippen LogP contribution in [0.5, 0.6) is 0 Å². The lowest BCUT2D eigenvalue weighted by atomic mass is 10.1. The number of rotatable bonds is 4. The van der Waals surface area contributed by atoms with Crippen LogP contribution in [0.25, 0.3) is 0 Å². The number of ether oxygens (including phenoxy) is 1. The maximum atomic E-state index is 5.25. The first-order chi connectivity index (χ1) is 8.03. The normalized spacial score (nSPS) is 11.1. The molecule has 0 saturated carbocycles. The summed E-state index contributed by atoms with van der Waals surface area (Å²) in [6.07, 6.45) is 0. The molecule has 0 fully saturated rings. The Morgan fingerprint density at radius 3 is 2.47 bits per heavy atom. The van der Waals surface area contributed by atoms with Crippen LogP contribution < -0.4 is 0 Å². The van der Waals surface area contributed by atoms with Crippen molar-refractivity contribution in [2.24, 2.45) is 0 Å². The van der Waals surface area contributed by atoms with E-state index >= 15 is 0 Å². The van der Waals surface area contributed by atoms with Gasteiger partial charge in [-0.3, -0.25) is 4.90 Å². The molecule has 0 saturated heterocycles. The van der Waals surface area contributed by atoms with Crippen LogP contribution in [0.4, 0.5) is 0 Å². The summed E-state index contributed by atoms with van der Waals surface area (Å²) >= 11 is 0. The van der Waals surface area contributed by atoms with Gasteiger partial charge in [0, 0.05) is 13.7 Å². The minimum atomic E-state index is -0.354. The van der Waals surface area contributed by atoms with Crippen LogP contribution in [0.1, 0.15) is 19.4 Å². The van der Waals surface area contributed by atoms with Gasteiger partial charge in [-0.2, -0.15) is 0 Å². The van der Waals surface area contributed by atoms with Gasteiger partial charge in [-0.15, -0.1) is 0 Å². The van der Waals surface area contributed by atoms with Gasteiger partial charge in [-0.05, 0) is 26.5 Å². The molecule has 92 valence electrons. The van der Waals surface area contributed by atoms with Crippen LogP contribution >= 0.6 is 0 Å². The van der Waals surface area contributed by atoms with Crippen molar-refractivity contribution in [3.05, 3.63) is 35.9 Å². The van der Waals surface area contributed by atoms with Gasteiger partial charge < -0.3 is 4.74 Å². The maximum Gasteiger partial charge on any atom is 0.122 e. The van der Waals surface area contributed by atoms with Crippen molar-refractivity contribution in [1.29, 1.82) is 0 Å². The van der Waals surface area contributed by atoms with E-state index in [0.29, 0.717) is 0 Å². The van der Waals surface area contributed by atoms with Gasteiger partial charge in [0.2, 0.25) is 0 Å². The molecule has 0 radical (unpaired) electrons. The molecular weight excluding hydrogens is 210 g/mol. The molecule has 1 rings (SSSR count). The first-order valence-electron chi connectivity index (χ1n) is 5.81. The van der Waals surface area contributed by atoms with Gasteiger partial charge in [0.15, 0.2) is 0 Å². The van der Waals surface area contributed by atoms with E-state index in [1.807, 2.05) is 19.9 Å². The Balaban J connectivity index is 2.43. The molecule has 0 aliphatic heterocycles. The molecule has 0 atom stereocenters. The van der Waals surface area contributed by atoms with Gasteiger partial charge in [0.05, 0.1) is 6.54 Å². The average molecular weight is 231 g/mol. The fourth-order valence-electron chi connectivity index (χ4n) is 1.39. The molecule has 0 aliphatic rings. The van der Waals surface area contributed by atoms with Crippen LogP contribution in [0.2, 0.25) is 0 Å². The standard InChI is InChI=1S/C15H21NO/c1-15(2,17-4)11-8-12-16(3)13-14-9-6-5-7-10-14/h5-7,9-10H,12-13H2,1-4H3. The molecular formula is C15H21NO. The van der Waals surface area contributed by atoms with Gasteiger partial charge in [0.1, 0.15) is 5.60 Å². The smallest absolute Gasteiger partial charge is 0.122 e. The van der Waals surface area contributed by atoms with Crippen LogP contribution in [0, 0.1) is 11.8 Å². The largest absolute Gasteiger partial charge is 0.366 e. The molecule has 0 unspecified atom stereocenters.